The largest absolute Gasteiger partial charge is 0.461 e. The summed E-state index contributed by atoms with van der Waals surface area (Å²) in [5.74, 6) is 0.128. The second-order valence-electron chi connectivity index (χ2n) is 5.68. The van der Waals surface area contributed by atoms with Crippen LogP contribution in [-0.4, -0.2) is 18.1 Å². The molecule has 0 saturated carbocycles. The molecule has 90 valence electrons. The Morgan fingerprint density at radius 2 is 1.73 bits per heavy atom. The first kappa shape index (κ1) is 14.4. The first-order chi connectivity index (χ1) is 6.64. The average molecular weight is 215 g/mol. The molecule has 2 N–H and O–H groups in total. The zero-order valence-electron chi connectivity index (χ0n) is 10.8. The van der Waals surface area contributed by atoms with Gasteiger partial charge in [-0.05, 0) is 24.7 Å². The topological polar surface area (TPSA) is 52.3 Å². The Bertz CT molecular complexity index is 206. The fourth-order valence-corrected chi connectivity index (χ4v) is 1.04. The van der Waals surface area contributed by atoms with E-state index in [-0.39, 0.29) is 17.5 Å². The Labute approximate surface area is 93.4 Å². The van der Waals surface area contributed by atoms with Crippen molar-refractivity contribution in [2.24, 2.45) is 17.1 Å². The van der Waals surface area contributed by atoms with Crippen LogP contribution in [0.5, 0.6) is 0 Å². The van der Waals surface area contributed by atoms with Crippen LogP contribution in [0.1, 0.15) is 48.0 Å². The van der Waals surface area contributed by atoms with Crippen molar-refractivity contribution in [1.29, 1.82) is 0 Å². The molecule has 0 fully saturated rings. The van der Waals surface area contributed by atoms with Crippen LogP contribution < -0.4 is 5.73 Å². The summed E-state index contributed by atoms with van der Waals surface area (Å²) in [7, 11) is 0. The van der Waals surface area contributed by atoms with Crippen molar-refractivity contribution in [3.63, 3.8) is 0 Å². The minimum absolute atomic E-state index is 0.0345. The van der Waals surface area contributed by atoms with E-state index in [1.807, 2.05) is 41.5 Å². The standard InChI is InChI=1S/C12H25NO2/c1-8(2)7-10(13)11(14)15-9(3)12(4,5)6/h8-10H,7,13H2,1-6H3/t9-,10-/m0/s1. The van der Waals surface area contributed by atoms with E-state index in [1.54, 1.807) is 0 Å². The molecule has 0 heterocycles. The summed E-state index contributed by atoms with van der Waals surface area (Å²) in [6, 6.07) is -0.491. The molecule has 0 aliphatic carbocycles. The van der Waals surface area contributed by atoms with E-state index in [4.69, 9.17) is 10.5 Å². The van der Waals surface area contributed by atoms with E-state index in [0.29, 0.717) is 12.3 Å². The van der Waals surface area contributed by atoms with Crippen LogP contribution in [0.25, 0.3) is 0 Å². The van der Waals surface area contributed by atoms with Crippen molar-refractivity contribution in [1.82, 2.24) is 0 Å². The van der Waals surface area contributed by atoms with Gasteiger partial charge in [0.2, 0.25) is 0 Å². The highest BCUT2D eigenvalue weighted by molar-refractivity contribution is 5.75. The molecule has 0 unspecified atom stereocenters. The second kappa shape index (κ2) is 5.50. The Balaban J connectivity index is 4.14. The molecule has 0 radical (unpaired) electrons. The predicted octanol–water partition coefficient (Wildman–Crippen LogP) is 2.34. The van der Waals surface area contributed by atoms with Crippen molar-refractivity contribution >= 4 is 5.97 Å². The molecule has 3 nitrogen and oxygen atoms in total. The quantitative estimate of drug-likeness (QED) is 0.732. The summed E-state index contributed by atoms with van der Waals surface area (Å²) in [6.07, 6.45) is 0.568. The molecule has 0 aromatic carbocycles. The lowest BCUT2D eigenvalue weighted by Gasteiger charge is -2.28. The van der Waals surface area contributed by atoms with E-state index < -0.39 is 6.04 Å². The first-order valence-corrected chi connectivity index (χ1v) is 5.60. The van der Waals surface area contributed by atoms with Crippen LogP contribution in [0.15, 0.2) is 0 Å². The summed E-state index contributed by atoms with van der Waals surface area (Å²) < 4.78 is 5.31. The maximum Gasteiger partial charge on any atom is 0.323 e. The summed E-state index contributed by atoms with van der Waals surface area (Å²) in [6.45, 7) is 12.1. The molecule has 0 aromatic heterocycles. The van der Waals surface area contributed by atoms with Crippen molar-refractivity contribution in [2.75, 3.05) is 0 Å². The zero-order chi connectivity index (χ0) is 12.2. The van der Waals surface area contributed by atoms with Gasteiger partial charge in [0.1, 0.15) is 12.1 Å². The van der Waals surface area contributed by atoms with Crippen molar-refractivity contribution in [2.45, 2.75) is 60.1 Å². The number of hydrogen-bond donors (Lipinski definition) is 1. The van der Waals surface area contributed by atoms with Crippen molar-refractivity contribution < 1.29 is 9.53 Å². The minimum atomic E-state index is -0.491. The maximum absolute atomic E-state index is 11.6. The van der Waals surface area contributed by atoms with Gasteiger partial charge < -0.3 is 10.5 Å². The highest BCUT2D eigenvalue weighted by Gasteiger charge is 2.26. The van der Waals surface area contributed by atoms with Gasteiger partial charge in [0.05, 0.1) is 0 Å². The number of ether oxygens (including phenoxy) is 1. The van der Waals surface area contributed by atoms with Gasteiger partial charge in [-0.3, -0.25) is 4.79 Å². The molecule has 2 atom stereocenters. The van der Waals surface area contributed by atoms with Crippen LogP contribution in [-0.2, 0) is 9.53 Å². The lowest BCUT2D eigenvalue weighted by atomic mass is 9.90. The zero-order valence-corrected chi connectivity index (χ0v) is 10.8. The Morgan fingerprint density at radius 1 is 1.27 bits per heavy atom. The molecule has 0 spiro atoms. The Hall–Kier alpha value is -0.570. The van der Waals surface area contributed by atoms with Gasteiger partial charge in [0.25, 0.3) is 0 Å². The third-order valence-corrected chi connectivity index (χ3v) is 2.54. The molecule has 3 heteroatoms. The second-order valence-corrected chi connectivity index (χ2v) is 5.68. The van der Waals surface area contributed by atoms with Crippen molar-refractivity contribution in [3.8, 4) is 0 Å². The monoisotopic (exact) mass is 215 g/mol. The molecule has 15 heavy (non-hydrogen) atoms. The third-order valence-electron chi connectivity index (χ3n) is 2.54. The molecule has 0 rings (SSSR count). The third kappa shape index (κ3) is 5.78. The van der Waals surface area contributed by atoms with Crippen LogP contribution in [0.4, 0.5) is 0 Å². The molecular weight excluding hydrogens is 190 g/mol. The normalized spacial score (nSPS) is 16.3. The maximum atomic E-state index is 11.6. The van der Waals surface area contributed by atoms with Crippen LogP contribution >= 0.6 is 0 Å². The summed E-state index contributed by atoms with van der Waals surface area (Å²) in [4.78, 5) is 11.6. The summed E-state index contributed by atoms with van der Waals surface area (Å²) in [5.41, 5.74) is 5.70. The lowest BCUT2D eigenvalue weighted by molar-refractivity contribution is -0.155. The van der Waals surface area contributed by atoms with Crippen molar-refractivity contribution in [3.05, 3.63) is 0 Å². The number of hydrogen-bond acceptors (Lipinski definition) is 3. The minimum Gasteiger partial charge on any atom is -0.461 e. The number of esters is 1. The summed E-state index contributed by atoms with van der Waals surface area (Å²) in [5, 5.41) is 0. The van der Waals surface area contributed by atoms with Gasteiger partial charge in [0, 0.05) is 0 Å². The highest BCUT2D eigenvalue weighted by Crippen LogP contribution is 2.22. The SMILES string of the molecule is CC(C)C[C@H](N)C(=O)O[C@@H](C)C(C)(C)C. The molecular formula is C12H25NO2. The molecule has 0 amide bonds. The lowest BCUT2D eigenvalue weighted by Crippen LogP contribution is -2.38. The molecule has 0 saturated heterocycles. The van der Waals surface area contributed by atoms with Gasteiger partial charge in [-0.1, -0.05) is 34.6 Å². The van der Waals surface area contributed by atoms with E-state index >= 15 is 0 Å². The molecule has 0 aromatic rings. The van der Waals surface area contributed by atoms with E-state index in [9.17, 15) is 4.79 Å². The average Bonchev–Trinajstić information content (AvgIpc) is 2.00. The number of carbonyl (C=O) groups excluding carboxylic acids is 1. The van der Waals surface area contributed by atoms with Gasteiger partial charge in [0.15, 0.2) is 0 Å². The van der Waals surface area contributed by atoms with E-state index in [2.05, 4.69) is 0 Å². The molecule has 0 aliphatic rings. The van der Waals surface area contributed by atoms with E-state index in [1.165, 1.54) is 0 Å². The molecule has 0 aliphatic heterocycles. The first-order valence-electron chi connectivity index (χ1n) is 5.60. The van der Waals surface area contributed by atoms with Gasteiger partial charge in [-0.2, -0.15) is 0 Å². The number of carbonyl (C=O) groups is 1. The van der Waals surface area contributed by atoms with Gasteiger partial charge in [-0.25, -0.2) is 0 Å². The van der Waals surface area contributed by atoms with Crippen LogP contribution in [0.3, 0.4) is 0 Å². The number of rotatable bonds is 4. The summed E-state index contributed by atoms with van der Waals surface area (Å²) >= 11 is 0. The fraction of sp³-hybridized carbons (Fsp3) is 0.917. The van der Waals surface area contributed by atoms with Crippen LogP contribution in [0, 0.1) is 11.3 Å². The van der Waals surface area contributed by atoms with Gasteiger partial charge >= 0.3 is 5.97 Å². The van der Waals surface area contributed by atoms with E-state index in [0.717, 1.165) is 0 Å². The number of nitrogens with two attached hydrogens (primary N) is 1. The molecule has 0 bridgehead atoms. The van der Waals surface area contributed by atoms with Gasteiger partial charge in [-0.15, -0.1) is 0 Å². The Morgan fingerprint density at radius 3 is 2.07 bits per heavy atom. The fourth-order valence-electron chi connectivity index (χ4n) is 1.04. The van der Waals surface area contributed by atoms with Crippen LogP contribution in [0.2, 0.25) is 0 Å². The predicted molar refractivity (Wildman–Crippen MR) is 62.4 cm³/mol. The highest BCUT2D eigenvalue weighted by atomic mass is 16.5. The Kier molecular flexibility index (Phi) is 5.29. The smallest absolute Gasteiger partial charge is 0.323 e.